The highest BCUT2D eigenvalue weighted by Gasteiger charge is 1.95. The lowest BCUT2D eigenvalue weighted by atomic mass is 10.1. The van der Waals surface area contributed by atoms with Crippen molar-refractivity contribution in [2.45, 2.75) is 0 Å². The number of para-hydroxylation sites is 1. The maximum atomic E-state index is 8.58. The second-order valence-electron chi connectivity index (χ2n) is 2.76. The molecule has 2 rings (SSSR count). The molecule has 2 aromatic rings. The highest BCUT2D eigenvalue weighted by Crippen LogP contribution is 2.16. The van der Waals surface area contributed by atoms with Gasteiger partial charge in [0.15, 0.2) is 0 Å². The molecule has 0 aliphatic carbocycles. The molecule has 0 saturated heterocycles. The zero-order valence-electron chi connectivity index (χ0n) is 8.26. The lowest BCUT2D eigenvalue weighted by molar-refractivity contribution is -0.106. The Morgan fingerprint density at radius 2 is 1.93 bits per heavy atom. The Labute approximate surface area is 88.2 Å². The summed E-state index contributed by atoms with van der Waals surface area (Å²) in [7, 11) is 0. The summed E-state index contributed by atoms with van der Waals surface area (Å²) < 4.78 is 0. The first-order valence-corrected chi connectivity index (χ1v) is 4.45. The number of aromatic nitrogens is 1. The van der Waals surface area contributed by atoms with Crippen molar-refractivity contribution in [2.24, 2.45) is 5.73 Å². The quantitative estimate of drug-likeness (QED) is 0.715. The summed E-state index contributed by atoms with van der Waals surface area (Å²) in [4.78, 5) is 12.8. The van der Waals surface area contributed by atoms with Crippen molar-refractivity contribution in [3.8, 4) is 0 Å². The monoisotopic (exact) mass is 200 g/mol. The fourth-order valence-corrected chi connectivity index (χ4v) is 1.30. The zero-order chi connectivity index (χ0) is 11.1. The van der Waals surface area contributed by atoms with E-state index >= 15 is 0 Å². The molecule has 0 fully saturated rings. The molecular weight excluding hydrogens is 188 g/mol. The number of hydrogen-bond acceptors (Lipinski definition) is 2. The molecule has 1 heterocycles. The molecule has 1 aromatic carbocycles. The normalized spacial score (nSPS) is 8.80. The average Bonchev–Trinajstić information content (AvgIpc) is 2.29. The van der Waals surface area contributed by atoms with E-state index in [2.05, 4.69) is 23.4 Å². The predicted octanol–water partition coefficient (Wildman–Crippen LogP) is 1.98. The molecule has 0 saturated carbocycles. The molecule has 15 heavy (non-hydrogen) atoms. The van der Waals surface area contributed by atoms with Crippen LogP contribution >= 0.6 is 0 Å². The third-order valence-electron chi connectivity index (χ3n) is 1.90. The largest absolute Gasteiger partial charge is 0.372 e. The first-order chi connectivity index (χ1) is 7.33. The number of primary amides is 1. The van der Waals surface area contributed by atoms with Gasteiger partial charge in [-0.1, -0.05) is 30.9 Å². The molecule has 3 nitrogen and oxygen atoms in total. The molecule has 0 aliphatic rings. The zero-order valence-corrected chi connectivity index (χ0v) is 8.26. The minimum atomic E-state index is 0.250. The first kappa shape index (κ1) is 10.9. The Morgan fingerprint density at radius 3 is 2.60 bits per heavy atom. The number of pyridine rings is 1. The maximum absolute atomic E-state index is 8.58. The topological polar surface area (TPSA) is 56.0 Å². The van der Waals surface area contributed by atoms with Crippen LogP contribution in [0.25, 0.3) is 17.0 Å². The van der Waals surface area contributed by atoms with Gasteiger partial charge in [0.2, 0.25) is 6.41 Å². The molecule has 0 atom stereocenters. The molecule has 1 aromatic heterocycles. The first-order valence-electron chi connectivity index (χ1n) is 4.45. The van der Waals surface area contributed by atoms with Crippen LogP contribution in [0.2, 0.25) is 0 Å². The minimum Gasteiger partial charge on any atom is -0.372 e. The Hall–Kier alpha value is -2.16. The number of fused-ring (bicyclic) bond motifs is 1. The van der Waals surface area contributed by atoms with E-state index < -0.39 is 0 Å². The van der Waals surface area contributed by atoms with Gasteiger partial charge < -0.3 is 5.73 Å². The molecule has 0 radical (unpaired) electrons. The summed E-state index contributed by atoms with van der Waals surface area (Å²) in [6, 6.07) is 10.0. The Balaban J connectivity index is 0.000000337. The SMILES string of the molecule is C=Cc1ccnc2ccccc12.NC=O. The number of nitrogens with zero attached hydrogens (tertiary/aromatic N) is 1. The van der Waals surface area contributed by atoms with Crippen molar-refractivity contribution >= 4 is 23.4 Å². The van der Waals surface area contributed by atoms with E-state index in [0.717, 1.165) is 16.5 Å². The van der Waals surface area contributed by atoms with Crippen molar-refractivity contribution < 1.29 is 4.79 Å². The third-order valence-corrected chi connectivity index (χ3v) is 1.90. The van der Waals surface area contributed by atoms with E-state index in [1.165, 1.54) is 0 Å². The second-order valence-corrected chi connectivity index (χ2v) is 2.76. The summed E-state index contributed by atoms with van der Waals surface area (Å²) in [5.41, 5.74) is 6.33. The molecule has 2 N–H and O–H groups in total. The van der Waals surface area contributed by atoms with Gasteiger partial charge >= 0.3 is 0 Å². The van der Waals surface area contributed by atoms with Crippen LogP contribution in [0.15, 0.2) is 43.1 Å². The van der Waals surface area contributed by atoms with E-state index in [-0.39, 0.29) is 6.41 Å². The number of amides is 1. The summed E-state index contributed by atoms with van der Waals surface area (Å²) >= 11 is 0. The summed E-state index contributed by atoms with van der Waals surface area (Å²) in [6.45, 7) is 3.75. The van der Waals surface area contributed by atoms with Gasteiger partial charge in [-0.3, -0.25) is 9.78 Å². The highest BCUT2D eigenvalue weighted by molar-refractivity contribution is 5.87. The van der Waals surface area contributed by atoms with Crippen molar-refractivity contribution in [3.05, 3.63) is 48.7 Å². The van der Waals surface area contributed by atoms with Crippen molar-refractivity contribution in [1.29, 1.82) is 0 Å². The van der Waals surface area contributed by atoms with E-state index in [0.29, 0.717) is 0 Å². The molecule has 0 unspecified atom stereocenters. The number of nitrogens with two attached hydrogens (primary N) is 1. The van der Waals surface area contributed by atoms with E-state index in [1.807, 2.05) is 30.3 Å². The van der Waals surface area contributed by atoms with Crippen LogP contribution in [0.4, 0.5) is 0 Å². The van der Waals surface area contributed by atoms with Crippen LogP contribution in [0.3, 0.4) is 0 Å². The van der Waals surface area contributed by atoms with Gasteiger partial charge in [-0.25, -0.2) is 0 Å². The van der Waals surface area contributed by atoms with Gasteiger partial charge in [0, 0.05) is 11.6 Å². The fraction of sp³-hybridized carbons (Fsp3) is 0. The van der Waals surface area contributed by atoms with Crippen LogP contribution in [0.5, 0.6) is 0 Å². The Bertz CT molecular complexity index is 461. The Morgan fingerprint density at radius 1 is 1.27 bits per heavy atom. The number of benzene rings is 1. The predicted molar refractivity (Wildman–Crippen MR) is 62.1 cm³/mol. The second kappa shape index (κ2) is 5.54. The van der Waals surface area contributed by atoms with Gasteiger partial charge in [-0.2, -0.15) is 0 Å². The van der Waals surface area contributed by atoms with E-state index in [1.54, 1.807) is 6.20 Å². The molecule has 0 aliphatic heterocycles. The van der Waals surface area contributed by atoms with Gasteiger partial charge in [-0.15, -0.1) is 0 Å². The Kier molecular flexibility index (Phi) is 4.04. The van der Waals surface area contributed by atoms with E-state index in [9.17, 15) is 0 Å². The van der Waals surface area contributed by atoms with Crippen LogP contribution in [-0.4, -0.2) is 11.4 Å². The highest BCUT2D eigenvalue weighted by atomic mass is 16.1. The molecule has 76 valence electrons. The summed E-state index contributed by atoms with van der Waals surface area (Å²) in [6.07, 6.45) is 3.91. The number of rotatable bonds is 1. The molecule has 1 amide bonds. The smallest absolute Gasteiger partial charge is 0.204 e. The average molecular weight is 200 g/mol. The van der Waals surface area contributed by atoms with Gasteiger partial charge in [0.1, 0.15) is 0 Å². The number of hydrogen-bond donors (Lipinski definition) is 1. The summed E-state index contributed by atoms with van der Waals surface area (Å²) in [5.74, 6) is 0. The van der Waals surface area contributed by atoms with Crippen molar-refractivity contribution in [3.63, 3.8) is 0 Å². The third kappa shape index (κ3) is 2.64. The lowest BCUT2D eigenvalue weighted by Crippen LogP contribution is -1.82. The number of carbonyl (C=O) groups excluding carboxylic acids is 1. The lowest BCUT2D eigenvalue weighted by Gasteiger charge is -1.98. The molecule has 0 bridgehead atoms. The van der Waals surface area contributed by atoms with Crippen LogP contribution in [-0.2, 0) is 4.79 Å². The minimum absolute atomic E-state index is 0.250. The van der Waals surface area contributed by atoms with Gasteiger partial charge in [-0.05, 0) is 17.7 Å². The van der Waals surface area contributed by atoms with E-state index in [4.69, 9.17) is 4.79 Å². The van der Waals surface area contributed by atoms with Gasteiger partial charge in [0.25, 0.3) is 0 Å². The molecule has 3 heteroatoms. The fourth-order valence-electron chi connectivity index (χ4n) is 1.30. The van der Waals surface area contributed by atoms with Crippen LogP contribution in [0, 0.1) is 0 Å². The standard InChI is InChI=1S/C11H9N.CH3NO/c1-2-9-7-8-12-11-6-4-3-5-10(9)11;2-1-3/h2-8H,1H2;1H,(H2,2,3). The number of carbonyl (C=O) groups is 1. The van der Waals surface area contributed by atoms with Crippen LogP contribution < -0.4 is 5.73 Å². The summed E-state index contributed by atoms with van der Waals surface area (Å²) in [5, 5.41) is 1.16. The van der Waals surface area contributed by atoms with Crippen molar-refractivity contribution in [2.75, 3.05) is 0 Å². The maximum Gasteiger partial charge on any atom is 0.204 e. The van der Waals surface area contributed by atoms with Crippen molar-refractivity contribution in [1.82, 2.24) is 4.98 Å². The molecule has 0 spiro atoms. The van der Waals surface area contributed by atoms with Gasteiger partial charge in [0.05, 0.1) is 5.52 Å². The molecular formula is C12H12N2O. The van der Waals surface area contributed by atoms with Crippen LogP contribution in [0.1, 0.15) is 5.56 Å².